The molecule has 1 aromatic rings. The van der Waals surface area contributed by atoms with Crippen LogP contribution >= 0.6 is 0 Å². The van der Waals surface area contributed by atoms with Gasteiger partial charge in [-0.25, -0.2) is 10.4 Å². The van der Waals surface area contributed by atoms with Crippen LogP contribution in [0.4, 0.5) is 18.9 Å². The summed E-state index contributed by atoms with van der Waals surface area (Å²) in [5, 5.41) is 0. The number of benzene rings is 1. The van der Waals surface area contributed by atoms with Crippen LogP contribution in [0.2, 0.25) is 0 Å². The summed E-state index contributed by atoms with van der Waals surface area (Å²) in [5.74, 6) is -0.130. The van der Waals surface area contributed by atoms with Crippen LogP contribution in [0.1, 0.15) is 5.56 Å². The van der Waals surface area contributed by atoms with E-state index < -0.39 is 11.7 Å². The average Bonchev–Trinajstić information content (AvgIpc) is 2.64. The van der Waals surface area contributed by atoms with Crippen LogP contribution in [0.15, 0.2) is 29.3 Å². The van der Waals surface area contributed by atoms with Crippen LogP contribution in [0.3, 0.4) is 0 Å². The van der Waals surface area contributed by atoms with Gasteiger partial charge < -0.3 is 5.43 Å². The van der Waals surface area contributed by atoms with E-state index in [-0.39, 0.29) is 23.9 Å². The van der Waals surface area contributed by atoms with Gasteiger partial charge in [-0.1, -0.05) is 0 Å². The van der Waals surface area contributed by atoms with E-state index in [1.807, 2.05) is 0 Å². The van der Waals surface area contributed by atoms with E-state index in [0.717, 1.165) is 12.1 Å². The summed E-state index contributed by atoms with van der Waals surface area (Å²) in [7, 11) is 0. The fraction of sp³-hybridized carbons (Fsp3) is 0.200. The number of amidine groups is 1. The van der Waals surface area contributed by atoms with Gasteiger partial charge in [-0.05, 0) is 24.3 Å². The molecule has 0 atom stereocenters. The summed E-state index contributed by atoms with van der Waals surface area (Å²) in [5.41, 5.74) is 4.64. The number of hydrogen-bond acceptors (Lipinski definition) is 3. The highest BCUT2D eigenvalue weighted by molar-refractivity contribution is 6.41. The van der Waals surface area contributed by atoms with E-state index in [0.29, 0.717) is 0 Å². The van der Waals surface area contributed by atoms with E-state index >= 15 is 0 Å². The number of alkyl halides is 3. The highest BCUT2D eigenvalue weighted by Gasteiger charge is 2.30. The minimum atomic E-state index is -4.37. The minimum absolute atomic E-state index is 0.102. The maximum atomic E-state index is 12.3. The molecule has 1 fully saturated rings. The lowest BCUT2D eigenvalue weighted by Crippen LogP contribution is -2.26. The summed E-state index contributed by atoms with van der Waals surface area (Å²) < 4.78 is 36.8. The fourth-order valence-electron chi connectivity index (χ4n) is 1.31. The third-order valence-electron chi connectivity index (χ3n) is 2.16. The molecular formula is C10H8F3N3O. The Kier molecular flexibility index (Phi) is 2.84. The number of rotatable bonds is 1. The molecule has 90 valence electrons. The van der Waals surface area contributed by atoms with Crippen molar-refractivity contribution in [2.45, 2.75) is 6.18 Å². The van der Waals surface area contributed by atoms with E-state index in [2.05, 4.69) is 15.8 Å². The summed E-state index contributed by atoms with van der Waals surface area (Å²) in [4.78, 5) is 15.1. The molecule has 0 saturated carbocycles. The normalized spacial score (nSPS) is 18.5. The number of aliphatic imine (C=N–C) groups is 1. The number of hydrogen-bond donors (Lipinski definition) is 2. The van der Waals surface area contributed by atoms with Gasteiger partial charge in [0.2, 0.25) is 5.78 Å². The van der Waals surface area contributed by atoms with Crippen molar-refractivity contribution >= 4 is 17.3 Å². The first-order valence-electron chi connectivity index (χ1n) is 4.75. The highest BCUT2D eigenvalue weighted by atomic mass is 19.4. The van der Waals surface area contributed by atoms with E-state index in [1.54, 1.807) is 0 Å². The molecule has 0 bridgehead atoms. The summed E-state index contributed by atoms with van der Waals surface area (Å²) in [6.45, 7) is 0.124. The van der Waals surface area contributed by atoms with Crippen molar-refractivity contribution in [3.05, 3.63) is 29.8 Å². The topological polar surface area (TPSA) is 53.5 Å². The van der Waals surface area contributed by atoms with Crippen LogP contribution < -0.4 is 10.9 Å². The third-order valence-corrected chi connectivity index (χ3v) is 2.16. The molecular weight excluding hydrogens is 235 g/mol. The molecule has 7 heteroatoms. The molecule has 0 amide bonds. The summed E-state index contributed by atoms with van der Waals surface area (Å²) in [6, 6.07) is 4.27. The molecule has 0 unspecified atom stereocenters. The van der Waals surface area contributed by atoms with Crippen molar-refractivity contribution in [1.29, 1.82) is 0 Å². The lowest BCUT2D eigenvalue weighted by atomic mass is 10.2. The molecule has 0 aliphatic carbocycles. The largest absolute Gasteiger partial charge is 0.416 e. The Morgan fingerprint density at radius 2 is 1.82 bits per heavy atom. The SMILES string of the molecule is O=C1CNNC1=Nc1ccc(C(F)(F)F)cc1. The maximum Gasteiger partial charge on any atom is 0.416 e. The Balaban J connectivity index is 2.22. The van der Waals surface area contributed by atoms with Crippen LogP contribution in [0, 0.1) is 0 Å². The van der Waals surface area contributed by atoms with Crippen molar-refractivity contribution in [3.8, 4) is 0 Å². The first-order chi connectivity index (χ1) is 7.97. The number of carbonyl (C=O) groups excluding carboxylic acids is 1. The van der Waals surface area contributed by atoms with Gasteiger partial charge >= 0.3 is 6.18 Å². The summed E-state index contributed by atoms with van der Waals surface area (Å²) in [6.07, 6.45) is -4.37. The summed E-state index contributed by atoms with van der Waals surface area (Å²) >= 11 is 0. The standard InChI is InChI=1S/C10H8F3N3O/c11-10(12,13)6-1-3-7(4-2-6)15-9-8(17)5-14-16-9/h1-4,14H,5H2,(H,15,16). The molecule has 0 radical (unpaired) electrons. The zero-order valence-electron chi connectivity index (χ0n) is 8.51. The number of halogens is 3. The number of Topliss-reactive ketones (excluding diaryl/α,β-unsaturated/α-hetero) is 1. The lowest BCUT2D eigenvalue weighted by molar-refractivity contribution is -0.137. The third kappa shape index (κ3) is 2.62. The minimum Gasteiger partial charge on any atom is -0.302 e. The predicted molar refractivity (Wildman–Crippen MR) is 54.7 cm³/mol. The van der Waals surface area contributed by atoms with Gasteiger partial charge in [0.1, 0.15) is 0 Å². The van der Waals surface area contributed by atoms with E-state index in [9.17, 15) is 18.0 Å². The second kappa shape index (κ2) is 4.17. The van der Waals surface area contributed by atoms with Gasteiger partial charge in [-0.3, -0.25) is 4.79 Å². The quantitative estimate of drug-likeness (QED) is 0.784. The zero-order chi connectivity index (χ0) is 12.5. The molecule has 1 aromatic carbocycles. The van der Waals surface area contributed by atoms with Gasteiger partial charge in [0.05, 0.1) is 17.8 Å². The molecule has 1 aliphatic rings. The first kappa shape index (κ1) is 11.6. The second-order valence-electron chi connectivity index (χ2n) is 3.41. The van der Waals surface area contributed by atoms with Crippen LogP contribution in [0.25, 0.3) is 0 Å². The van der Waals surface area contributed by atoms with Crippen LogP contribution in [0.5, 0.6) is 0 Å². The molecule has 2 rings (SSSR count). The second-order valence-corrected chi connectivity index (χ2v) is 3.41. The van der Waals surface area contributed by atoms with Crippen molar-refractivity contribution in [2.24, 2.45) is 4.99 Å². The van der Waals surface area contributed by atoms with E-state index in [1.165, 1.54) is 12.1 Å². The molecule has 1 aliphatic heterocycles. The van der Waals surface area contributed by atoms with Gasteiger partial charge in [-0.2, -0.15) is 13.2 Å². The first-order valence-corrected chi connectivity index (χ1v) is 4.75. The smallest absolute Gasteiger partial charge is 0.302 e. The zero-order valence-corrected chi connectivity index (χ0v) is 8.51. The van der Waals surface area contributed by atoms with Gasteiger partial charge in [-0.15, -0.1) is 0 Å². The average molecular weight is 243 g/mol. The lowest BCUT2D eigenvalue weighted by Gasteiger charge is -2.05. The van der Waals surface area contributed by atoms with Crippen LogP contribution in [-0.4, -0.2) is 18.2 Å². The fourth-order valence-corrected chi connectivity index (χ4v) is 1.31. The Bertz CT molecular complexity index is 465. The van der Waals surface area contributed by atoms with Gasteiger partial charge in [0, 0.05) is 0 Å². The Labute approximate surface area is 94.5 Å². The molecule has 4 nitrogen and oxygen atoms in total. The molecule has 0 aromatic heterocycles. The van der Waals surface area contributed by atoms with Gasteiger partial charge in [0.15, 0.2) is 5.84 Å². The molecule has 1 heterocycles. The van der Waals surface area contributed by atoms with Crippen molar-refractivity contribution in [3.63, 3.8) is 0 Å². The Morgan fingerprint density at radius 1 is 1.18 bits per heavy atom. The molecule has 2 N–H and O–H groups in total. The van der Waals surface area contributed by atoms with Crippen LogP contribution in [-0.2, 0) is 11.0 Å². The number of nitrogens with one attached hydrogen (secondary N) is 2. The number of carbonyl (C=O) groups is 1. The Morgan fingerprint density at radius 3 is 2.29 bits per heavy atom. The van der Waals surface area contributed by atoms with Gasteiger partial charge in [0.25, 0.3) is 0 Å². The molecule has 0 spiro atoms. The van der Waals surface area contributed by atoms with Crippen molar-refractivity contribution in [2.75, 3.05) is 6.54 Å². The van der Waals surface area contributed by atoms with E-state index in [4.69, 9.17) is 0 Å². The molecule has 1 saturated heterocycles. The number of nitrogens with zero attached hydrogens (tertiary/aromatic N) is 1. The van der Waals surface area contributed by atoms with Crippen molar-refractivity contribution in [1.82, 2.24) is 10.9 Å². The number of ketones is 1. The maximum absolute atomic E-state index is 12.3. The van der Waals surface area contributed by atoms with Crippen molar-refractivity contribution < 1.29 is 18.0 Å². The Hall–Kier alpha value is -1.89. The number of hydrazine groups is 1. The highest BCUT2D eigenvalue weighted by Crippen LogP contribution is 2.30. The monoisotopic (exact) mass is 243 g/mol. The predicted octanol–water partition coefficient (Wildman–Crippen LogP) is 1.41. The molecule has 17 heavy (non-hydrogen) atoms.